The minimum atomic E-state index is -1.33. The zero-order valence-electron chi connectivity index (χ0n) is 9.18. The number of carbonyl (C=O) groups excluding carboxylic acids is 1. The molecule has 0 amide bonds. The highest BCUT2D eigenvalue weighted by atomic mass is 35.5. The molecule has 2 aromatic rings. The Bertz CT molecular complexity index is 650. The minimum absolute atomic E-state index is 0.424. The summed E-state index contributed by atoms with van der Waals surface area (Å²) < 4.78 is 52.8. The van der Waals surface area contributed by atoms with Crippen LogP contribution in [0, 0.1) is 23.3 Å². The van der Waals surface area contributed by atoms with Crippen LogP contribution in [0.1, 0.15) is 15.9 Å². The second kappa shape index (κ2) is 5.01. The van der Waals surface area contributed by atoms with Gasteiger partial charge in [-0.3, -0.25) is 4.79 Å². The van der Waals surface area contributed by atoms with Crippen LogP contribution in [0.25, 0.3) is 0 Å². The first-order valence-electron chi connectivity index (χ1n) is 5.05. The van der Waals surface area contributed by atoms with Gasteiger partial charge in [-0.1, -0.05) is 17.7 Å². The Morgan fingerprint density at radius 1 is 0.895 bits per heavy atom. The molecule has 98 valence electrons. The molecule has 0 heterocycles. The van der Waals surface area contributed by atoms with Crippen molar-refractivity contribution in [3.05, 3.63) is 69.8 Å². The molecular formula is C13H5ClF4O. The van der Waals surface area contributed by atoms with E-state index < -0.39 is 45.2 Å². The standard InChI is InChI=1S/C13H5ClF4O/c14-7-5-11(18)10(17)4-6(7)13(19)12-8(15)2-1-3-9(12)16/h1-5H. The predicted octanol–water partition coefficient (Wildman–Crippen LogP) is 4.13. The number of hydrogen-bond acceptors (Lipinski definition) is 1. The van der Waals surface area contributed by atoms with Crippen molar-refractivity contribution in [2.24, 2.45) is 0 Å². The lowest BCUT2D eigenvalue weighted by Gasteiger charge is -2.06. The van der Waals surface area contributed by atoms with Gasteiger partial charge in [0.25, 0.3) is 0 Å². The molecule has 2 rings (SSSR count). The Hall–Kier alpha value is -1.88. The minimum Gasteiger partial charge on any atom is -0.288 e. The number of rotatable bonds is 2. The van der Waals surface area contributed by atoms with E-state index in [1.165, 1.54) is 0 Å². The van der Waals surface area contributed by atoms with Gasteiger partial charge >= 0.3 is 0 Å². The Labute approximate surface area is 110 Å². The van der Waals surface area contributed by atoms with Crippen molar-refractivity contribution in [2.75, 3.05) is 0 Å². The Morgan fingerprint density at radius 2 is 1.42 bits per heavy atom. The largest absolute Gasteiger partial charge is 0.288 e. The Balaban J connectivity index is 2.60. The van der Waals surface area contributed by atoms with Crippen molar-refractivity contribution in [1.29, 1.82) is 0 Å². The van der Waals surface area contributed by atoms with E-state index in [-0.39, 0.29) is 0 Å². The summed E-state index contributed by atoms with van der Waals surface area (Å²) in [5.74, 6) is -5.95. The number of carbonyl (C=O) groups is 1. The fourth-order valence-corrected chi connectivity index (χ4v) is 1.78. The van der Waals surface area contributed by atoms with E-state index in [1.54, 1.807) is 0 Å². The van der Waals surface area contributed by atoms with Crippen LogP contribution < -0.4 is 0 Å². The van der Waals surface area contributed by atoms with Gasteiger partial charge in [0.2, 0.25) is 5.78 Å². The first-order valence-corrected chi connectivity index (χ1v) is 5.43. The molecule has 6 heteroatoms. The van der Waals surface area contributed by atoms with Gasteiger partial charge in [-0.25, -0.2) is 17.6 Å². The highest BCUT2D eigenvalue weighted by Crippen LogP contribution is 2.25. The molecule has 0 N–H and O–H groups in total. The van der Waals surface area contributed by atoms with E-state index in [0.29, 0.717) is 12.1 Å². The Kier molecular flexibility index (Phi) is 3.57. The van der Waals surface area contributed by atoms with Gasteiger partial charge in [0.05, 0.1) is 10.6 Å². The van der Waals surface area contributed by atoms with Crippen molar-refractivity contribution < 1.29 is 22.4 Å². The molecule has 0 spiro atoms. The third-order valence-electron chi connectivity index (χ3n) is 2.44. The predicted molar refractivity (Wildman–Crippen MR) is 61.2 cm³/mol. The average molecular weight is 289 g/mol. The summed E-state index contributed by atoms with van der Waals surface area (Å²) in [6.45, 7) is 0. The summed E-state index contributed by atoms with van der Waals surface area (Å²) in [7, 11) is 0. The molecule has 19 heavy (non-hydrogen) atoms. The van der Waals surface area contributed by atoms with Gasteiger partial charge in [-0.15, -0.1) is 0 Å². The molecule has 0 aliphatic rings. The lowest BCUT2D eigenvalue weighted by molar-refractivity contribution is 0.103. The highest BCUT2D eigenvalue weighted by molar-refractivity contribution is 6.35. The molecule has 0 saturated carbocycles. The monoisotopic (exact) mass is 288 g/mol. The summed E-state index contributed by atoms with van der Waals surface area (Å²) in [5, 5.41) is -0.424. The fourth-order valence-electron chi connectivity index (χ4n) is 1.55. The summed E-state index contributed by atoms with van der Waals surface area (Å²) >= 11 is 5.58. The van der Waals surface area contributed by atoms with Crippen molar-refractivity contribution in [2.45, 2.75) is 0 Å². The molecule has 0 radical (unpaired) electrons. The van der Waals surface area contributed by atoms with Crippen LogP contribution in [-0.2, 0) is 0 Å². The van der Waals surface area contributed by atoms with Crippen molar-refractivity contribution >= 4 is 17.4 Å². The Morgan fingerprint density at radius 3 is 2.00 bits per heavy atom. The maximum atomic E-state index is 13.4. The van der Waals surface area contributed by atoms with Crippen LogP contribution in [0.15, 0.2) is 30.3 Å². The third-order valence-corrected chi connectivity index (χ3v) is 2.76. The molecule has 1 nitrogen and oxygen atoms in total. The molecule has 0 aromatic heterocycles. The van der Waals surface area contributed by atoms with Crippen molar-refractivity contribution in [1.82, 2.24) is 0 Å². The fraction of sp³-hybridized carbons (Fsp3) is 0. The first-order chi connectivity index (χ1) is 8.91. The average Bonchev–Trinajstić information content (AvgIpc) is 2.33. The number of halogens is 5. The molecule has 0 atom stereocenters. The highest BCUT2D eigenvalue weighted by Gasteiger charge is 2.22. The maximum Gasteiger partial charge on any atom is 0.200 e. The summed E-state index contributed by atoms with van der Waals surface area (Å²) in [5.41, 5.74) is -1.38. The summed E-state index contributed by atoms with van der Waals surface area (Å²) in [4.78, 5) is 11.9. The number of benzene rings is 2. The van der Waals surface area contributed by atoms with Gasteiger partial charge in [0.15, 0.2) is 11.6 Å². The second-order valence-electron chi connectivity index (χ2n) is 3.67. The topological polar surface area (TPSA) is 17.1 Å². The maximum absolute atomic E-state index is 13.4. The quantitative estimate of drug-likeness (QED) is 0.461. The van der Waals surface area contributed by atoms with Crippen LogP contribution in [0.4, 0.5) is 17.6 Å². The zero-order chi connectivity index (χ0) is 14.2. The lowest BCUT2D eigenvalue weighted by Crippen LogP contribution is -2.09. The summed E-state index contributed by atoms with van der Waals surface area (Å²) in [6.07, 6.45) is 0. The molecule has 0 aliphatic carbocycles. The smallest absolute Gasteiger partial charge is 0.200 e. The molecule has 0 aliphatic heterocycles. The van der Waals surface area contributed by atoms with E-state index in [9.17, 15) is 22.4 Å². The molecule has 0 saturated heterocycles. The van der Waals surface area contributed by atoms with Gasteiger partial charge in [-0.05, 0) is 24.3 Å². The van der Waals surface area contributed by atoms with Crippen LogP contribution >= 0.6 is 11.6 Å². The van der Waals surface area contributed by atoms with Crippen molar-refractivity contribution in [3.63, 3.8) is 0 Å². The van der Waals surface area contributed by atoms with Crippen LogP contribution in [0.3, 0.4) is 0 Å². The van der Waals surface area contributed by atoms with Crippen molar-refractivity contribution in [3.8, 4) is 0 Å². The van der Waals surface area contributed by atoms with Gasteiger partial charge in [0.1, 0.15) is 11.6 Å². The first kappa shape index (κ1) is 13.5. The van der Waals surface area contributed by atoms with Gasteiger partial charge in [0, 0.05) is 5.56 Å². The van der Waals surface area contributed by atoms with Crippen LogP contribution in [0.5, 0.6) is 0 Å². The molecule has 0 fully saturated rings. The lowest BCUT2D eigenvalue weighted by atomic mass is 10.0. The van der Waals surface area contributed by atoms with E-state index in [2.05, 4.69) is 0 Å². The zero-order valence-corrected chi connectivity index (χ0v) is 9.94. The molecule has 0 bridgehead atoms. The van der Waals surface area contributed by atoms with E-state index in [0.717, 1.165) is 18.2 Å². The molecular weight excluding hydrogens is 284 g/mol. The molecule has 0 unspecified atom stereocenters. The van der Waals surface area contributed by atoms with E-state index in [4.69, 9.17) is 11.6 Å². The number of ketones is 1. The summed E-state index contributed by atoms with van der Waals surface area (Å²) in [6, 6.07) is 3.91. The van der Waals surface area contributed by atoms with E-state index >= 15 is 0 Å². The SMILES string of the molecule is O=C(c1cc(F)c(F)cc1Cl)c1c(F)cccc1F. The molecule has 2 aromatic carbocycles. The number of hydrogen-bond donors (Lipinski definition) is 0. The van der Waals surface area contributed by atoms with Crippen LogP contribution in [0.2, 0.25) is 5.02 Å². The normalized spacial score (nSPS) is 10.6. The third kappa shape index (κ3) is 2.46. The van der Waals surface area contributed by atoms with Crippen LogP contribution in [-0.4, -0.2) is 5.78 Å². The van der Waals surface area contributed by atoms with E-state index in [1.807, 2.05) is 0 Å². The van der Waals surface area contributed by atoms with Gasteiger partial charge < -0.3 is 0 Å². The van der Waals surface area contributed by atoms with Gasteiger partial charge in [-0.2, -0.15) is 0 Å². The second-order valence-corrected chi connectivity index (χ2v) is 4.08.